The van der Waals surface area contributed by atoms with Gasteiger partial charge in [0.15, 0.2) is 0 Å². The van der Waals surface area contributed by atoms with E-state index in [-0.39, 0.29) is 5.91 Å². The third-order valence-corrected chi connectivity index (χ3v) is 3.04. The van der Waals surface area contributed by atoms with Gasteiger partial charge in [-0.15, -0.1) is 0 Å². The van der Waals surface area contributed by atoms with Crippen LogP contribution in [0.3, 0.4) is 0 Å². The summed E-state index contributed by atoms with van der Waals surface area (Å²) >= 11 is 2.23. The van der Waals surface area contributed by atoms with Crippen LogP contribution in [0.15, 0.2) is 24.3 Å². The Morgan fingerprint density at radius 1 is 1.12 bits per heavy atom. The van der Waals surface area contributed by atoms with Gasteiger partial charge in [-0.05, 0) is 61.0 Å². The van der Waals surface area contributed by atoms with Crippen molar-refractivity contribution < 1.29 is 4.79 Å². The lowest BCUT2D eigenvalue weighted by molar-refractivity contribution is 0.0786. The molecule has 1 amide bonds. The number of rotatable bonds is 4. The molecule has 0 radical (unpaired) electrons. The number of amides is 1. The second kappa shape index (κ2) is 6.20. The highest BCUT2D eigenvalue weighted by Crippen LogP contribution is 2.08. The number of benzene rings is 1. The van der Waals surface area contributed by atoms with Crippen molar-refractivity contribution in [2.75, 3.05) is 34.2 Å². The van der Waals surface area contributed by atoms with Gasteiger partial charge in [0.05, 0.1) is 0 Å². The fourth-order valence-corrected chi connectivity index (χ4v) is 1.62. The fraction of sp³-hybridized carbons (Fsp3) is 0.417. The van der Waals surface area contributed by atoms with Gasteiger partial charge in [0, 0.05) is 29.3 Å². The van der Waals surface area contributed by atoms with Gasteiger partial charge >= 0.3 is 0 Å². The van der Waals surface area contributed by atoms with E-state index in [0.29, 0.717) is 0 Å². The van der Waals surface area contributed by atoms with E-state index in [0.717, 1.165) is 22.2 Å². The lowest BCUT2D eigenvalue weighted by Gasteiger charge is -2.19. The predicted octanol–water partition coefficient (Wildman–Crippen LogP) is 1.92. The van der Waals surface area contributed by atoms with Gasteiger partial charge in [0.25, 0.3) is 5.91 Å². The molecule has 0 saturated heterocycles. The van der Waals surface area contributed by atoms with Crippen LogP contribution in [0.5, 0.6) is 0 Å². The number of hydrogen-bond donors (Lipinski definition) is 0. The number of likely N-dealkylation sites (N-methyl/N-ethyl adjacent to an activating group) is 2. The highest BCUT2D eigenvalue weighted by molar-refractivity contribution is 14.1. The van der Waals surface area contributed by atoms with E-state index in [1.165, 1.54) is 0 Å². The molecule has 1 rings (SSSR count). The quantitative estimate of drug-likeness (QED) is 0.787. The van der Waals surface area contributed by atoms with Gasteiger partial charge in [-0.1, -0.05) is 0 Å². The molecule has 0 aromatic heterocycles. The minimum absolute atomic E-state index is 0.0817. The Kier molecular flexibility index (Phi) is 5.21. The molecule has 0 saturated carbocycles. The maximum absolute atomic E-state index is 12.0. The molecule has 4 heteroatoms. The standard InChI is InChI=1S/C12H17IN2O/c1-14(2)8-9-15(3)12(16)10-4-6-11(13)7-5-10/h4-7H,8-9H2,1-3H3. The van der Waals surface area contributed by atoms with Gasteiger partial charge in [0.2, 0.25) is 0 Å². The summed E-state index contributed by atoms with van der Waals surface area (Å²) in [6.45, 7) is 1.63. The highest BCUT2D eigenvalue weighted by Gasteiger charge is 2.10. The fourth-order valence-electron chi connectivity index (χ4n) is 1.26. The zero-order chi connectivity index (χ0) is 12.1. The zero-order valence-electron chi connectivity index (χ0n) is 9.90. The second-order valence-electron chi connectivity index (χ2n) is 4.04. The summed E-state index contributed by atoms with van der Waals surface area (Å²) in [6, 6.07) is 7.65. The molecule has 0 bridgehead atoms. The Morgan fingerprint density at radius 2 is 1.69 bits per heavy atom. The van der Waals surface area contributed by atoms with Crippen LogP contribution in [0.2, 0.25) is 0 Å². The van der Waals surface area contributed by atoms with E-state index in [4.69, 9.17) is 0 Å². The van der Waals surface area contributed by atoms with Crippen LogP contribution in [-0.4, -0.2) is 49.9 Å². The molecule has 16 heavy (non-hydrogen) atoms. The third kappa shape index (κ3) is 4.09. The molecule has 3 nitrogen and oxygen atoms in total. The third-order valence-electron chi connectivity index (χ3n) is 2.32. The first-order valence-corrected chi connectivity index (χ1v) is 6.24. The SMILES string of the molecule is CN(C)CCN(C)C(=O)c1ccc(I)cc1. The first-order chi connectivity index (χ1) is 7.50. The summed E-state index contributed by atoms with van der Waals surface area (Å²) in [5.74, 6) is 0.0817. The summed E-state index contributed by atoms with van der Waals surface area (Å²) in [4.78, 5) is 15.8. The topological polar surface area (TPSA) is 23.6 Å². The Bertz CT molecular complexity index is 349. The second-order valence-corrected chi connectivity index (χ2v) is 5.28. The molecule has 1 aromatic rings. The minimum Gasteiger partial charge on any atom is -0.340 e. The number of nitrogens with zero attached hydrogens (tertiary/aromatic N) is 2. The molecule has 0 aliphatic heterocycles. The smallest absolute Gasteiger partial charge is 0.253 e. The average Bonchev–Trinajstić information content (AvgIpc) is 2.26. The van der Waals surface area contributed by atoms with E-state index < -0.39 is 0 Å². The normalized spacial score (nSPS) is 10.6. The molecule has 0 unspecified atom stereocenters. The van der Waals surface area contributed by atoms with Gasteiger partial charge in [-0.25, -0.2) is 0 Å². The van der Waals surface area contributed by atoms with Gasteiger partial charge in [-0.3, -0.25) is 4.79 Å². The first kappa shape index (κ1) is 13.4. The Labute approximate surface area is 111 Å². The molecule has 0 atom stereocenters. The maximum atomic E-state index is 12.0. The van der Waals surface area contributed by atoms with Crippen molar-refractivity contribution in [2.24, 2.45) is 0 Å². The number of carbonyl (C=O) groups is 1. The molecule has 0 aliphatic rings. The van der Waals surface area contributed by atoms with Crippen LogP contribution >= 0.6 is 22.6 Å². The summed E-state index contributed by atoms with van der Waals surface area (Å²) < 4.78 is 1.14. The van der Waals surface area contributed by atoms with Gasteiger partial charge < -0.3 is 9.80 Å². The average molecular weight is 332 g/mol. The van der Waals surface area contributed by atoms with E-state index in [2.05, 4.69) is 27.5 Å². The lowest BCUT2D eigenvalue weighted by atomic mass is 10.2. The van der Waals surface area contributed by atoms with Crippen molar-refractivity contribution in [3.05, 3.63) is 33.4 Å². The summed E-state index contributed by atoms with van der Waals surface area (Å²) in [7, 11) is 5.84. The molecule has 0 heterocycles. The molecule has 88 valence electrons. The monoisotopic (exact) mass is 332 g/mol. The van der Waals surface area contributed by atoms with Gasteiger partial charge in [-0.2, -0.15) is 0 Å². The van der Waals surface area contributed by atoms with E-state index in [1.54, 1.807) is 4.90 Å². The zero-order valence-corrected chi connectivity index (χ0v) is 12.1. The van der Waals surface area contributed by atoms with Crippen LogP contribution in [0.4, 0.5) is 0 Å². The van der Waals surface area contributed by atoms with Crippen molar-refractivity contribution in [1.82, 2.24) is 9.80 Å². The molecule has 0 fully saturated rings. The molecular formula is C12H17IN2O. The largest absolute Gasteiger partial charge is 0.340 e. The molecule has 1 aromatic carbocycles. The van der Waals surface area contributed by atoms with Crippen molar-refractivity contribution in [2.45, 2.75) is 0 Å². The van der Waals surface area contributed by atoms with Crippen LogP contribution in [-0.2, 0) is 0 Å². The number of halogens is 1. The van der Waals surface area contributed by atoms with Crippen LogP contribution in [0.25, 0.3) is 0 Å². The van der Waals surface area contributed by atoms with Crippen LogP contribution in [0.1, 0.15) is 10.4 Å². The Hall–Kier alpha value is -0.620. The number of hydrogen-bond acceptors (Lipinski definition) is 2. The van der Waals surface area contributed by atoms with Crippen molar-refractivity contribution in [1.29, 1.82) is 0 Å². The summed E-state index contributed by atoms with van der Waals surface area (Å²) in [6.07, 6.45) is 0. The van der Waals surface area contributed by atoms with Crippen LogP contribution < -0.4 is 0 Å². The van der Waals surface area contributed by atoms with E-state index >= 15 is 0 Å². The molecular weight excluding hydrogens is 315 g/mol. The Morgan fingerprint density at radius 3 is 2.19 bits per heavy atom. The molecule has 0 N–H and O–H groups in total. The van der Waals surface area contributed by atoms with Crippen molar-refractivity contribution in [3.8, 4) is 0 Å². The molecule has 0 spiro atoms. The van der Waals surface area contributed by atoms with E-state index in [1.807, 2.05) is 45.4 Å². The lowest BCUT2D eigenvalue weighted by Crippen LogP contribution is -2.33. The van der Waals surface area contributed by atoms with Crippen LogP contribution in [0, 0.1) is 3.57 Å². The van der Waals surface area contributed by atoms with E-state index in [9.17, 15) is 4.79 Å². The number of carbonyl (C=O) groups excluding carboxylic acids is 1. The predicted molar refractivity (Wildman–Crippen MR) is 74.7 cm³/mol. The van der Waals surface area contributed by atoms with Crippen molar-refractivity contribution in [3.63, 3.8) is 0 Å². The summed E-state index contributed by atoms with van der Waals surface area (Å²) in [5.41, 5.74) is 0.752. The minimum atomic E-state index is 0.0817. The molecule has 0 aliphatic carbocycles. The van der Waals surface area contributed by atoms with Gasteiger partial charge in [0.1, 0.15) is 0 Å². The first-order valence-electron chi connectivity index (χ1n) is 5.16. The Balaban J connectivity index is 2.60. The maximum Gasteiger partial charge on any atom is 0.253 e. The highest BCUT2D eigenvalue weighted by atomic mass is 127. The van der Waals surface area contributed by atoms with Crippen molar-refractivity contribution >= 4 is 28.5 Å². The summed E-state index contributed by atoms with van der Waals surface area (Å²) in [5, 5.41) is 0.